The zero-order valence-corrected chi connectivity index (χ0v) is 12.1. The predicted octanol–water partition coefficient (Wildman–Crippen LogP) is 1.26. The monoisotopic (exact) mass is 302 g/mol. The van der Waals surface area contributed by atoms with Crippen LogP contribution < -0.4 is 5.32 Å². The Labute approximate surface area is 123 Å². The second-order valence-corrected chi connectivity index (χ2v) is 5.35. The van der Waals surface area contributed by atoms with Crippen LogP contribution in [-0.2, 0) is 11.3 Å². The lowest BCUT2D eigenvalue weighted by atomic mass is 10.2. The molecule has 1 saturated heterocycles. The van der Waals surface area contributed by atoms with Crippen molar-refractivity contribution in [2.45, 2.75) is 12.6 Å². The van der Waals surface area contributed by atoms with Crippen LogP contribution in [0, 0.1) is 5.82 Å². The number of halogens is 2. The first-order valence-electron chi connectivity index (χ1n) is 6.78. The average molecular weight is 303 g/mol. The van der Waals surface area contributed by atoms with Gasteiger partial charge in [0.15, 0.2) is 0 Å². The van der Waals surface area contributed by atoms with Gasteiger partial charge in [0, 0.05) is 32.7 Å². The maximum Gasteiger partial charge on any atom is 0.141 e. The molecule has 0 amide bonds. The molecule has 2 rings (SSSR count). The molecule has 0 aromatic heterocycles. The highest BCUT2D eigenvalue weighted by Gasteiger charge is 2.14. The molecule has 1 unspecified atom stereocenters. The minimum atomic E-state index is -0.427. The Bertz CT molecular complexity index is 428. The van der Waals surface area contributed by atoms with Gasteiger partial charge in [-0.15, -0.1) is 0 Å². The number of aliphatic hydroxyl groups is 1. The second kappa shape index (κ2) is 7.90. The zero-order chi connectivity index (χ0) is 14.4. The van der Waals surface area contributed by atoms with Crippen molar-refractivity contribution < 1.29 is 14.2 Å². The van der Waals surface area contributed by atoms with E-state index in [0.717, 1.165) is 31.9 Å². The quantitative estimate of drug-likeness (QED) is 0.830. The molecule has 0 bridgehead atoms. The molecule has 2 N–H and O–H groups in total. The maximum absolute atomic E-state index is 13.0. The molecule has 1 aliphatic heterocycles. The molecular weight excluding hydrogens is 283 g/mol. The molecule has 1 aliphatic rings. The van der Waals surface area contributed by atoms with Gasteiger partial charge < -0.3 is 15.2 Å². The normalized spacial score (nSPS) is 18.1. The van der Waals surface area contributed by atoms with Crippen molar-refractivity contribution in [3.8, 4) is 0 Å². The van der Waals surface area contributed by atoms with E-state index in [4.69, 9.17) is 16.3 Å². The van der Waals surface area contributed by atoms with Crippen molar-refractivity contribution in [1.82, 2.24) is 10.2 Å². The number of aliphatic hydroxyl groups excluding tert-OH is 1. The standard InChI is InChI=1S/C14H20ClFN2O2/c15-13-7-11(1-2-14(13)16)8-17-9-12(19)10-18-3-5-20-6-4-18/h1-2,7,12,17,19H,3-6,8-10H2. The molecule has 0 radical (unpaired) electrons. The lowest BCUT2D eigenvalue weighted by Crippen LogP contribution is -2.43. The number of nitrogens with one attached hydrogen (secondary N) is 1. The third kappa shape index (κ3) is 5.00. The van der Waals surface area contributed by atoms with Crippen molar-refractivity contribution >= 4 is 11.6 Å². The van der Waals surface area contributed by atoms with Gasteiger partial charge in [-0.2, -0.15) is 0 Å². The van der Waals surface area contributed by atoms with E-state index in [1.807, 2.05) is 0 Å². The molecule has 6 heteroatoms. The number of nitrogens with zero attached hydrogens (tertiary/aromatic N) is 1. The van der Waals surface area contributed by atoms with E-state index in [1.54, 1.807) is 12.1 Å². The molecule has 1 fully saturated rings. The summed E-state index contributed by atoms with van der Waals surface area (Å²) < 4.78 is 18.3. The average Bonchev–Trinajstić information content (AvgIpc) is 2.44. The van der Waals surface area contributed by atoms with Crippen LogP contribution in [0.3, 0.4) is 0 Å². The van der Waals surface area contributed by atoms with Crippen LogP contribution in [-0.4, -0.2) is 55.5 Å². The van der Waals surface area contributed by atoms with Crippen molar-refractivity contribution in [2.75, 3.05) is 39.4 Å². The Morgan fingerprint density at radius 2 is 2.15 bits per heavy atom. The lowest BCUT2D eigenvalue weighted by molar-refractivity contribution is 0.0149. The fourth-order valence-electron chi connectivity index (χ4n) is 2.18. The fourth-order valence-corrected chi connectivity index (χ4v) is 2.38. The van der Waals surface area contributed by atoms with Crippen LogP contribution in [0.25, 0.3) is 0 Å². The summed E-state index contributed by atoms with van der Waals surface area (Å²) in [4.78, 5) is 2.19. The third-order valence-corrected chi connectivity index (χ3v) is 3.56. The molecule has 0 saturated carbocycles. The van der Waals surface area contributed by atoms with Crippen LogP contribution in [0.2, 0.25) is 5.02 Å². The van der Waals surface area contributed by atoms with E-state index < -0.39 is 11.9 Å². The Morgan fingerprint density at radius 3 is 2.85 bits per heavy atom. The molecule has 1 heterocycles. The minimum absolute atomic E-state index is 0.123. The van der Waals surface area contributed by atoms with Gasteiger partial charge in [-0.05, 0) is 17.7 Å². The summed E-state index contributed by atoms with van der Waals surface area (Å²) in [6, 6.07) is 4.63. The highest BCUT2D eigenvalue weighted by atomic mass is 35.5. The van der Waals surface area contributed by atoms with Crippen molar-refractivity contribution in [1.29, 1.82) is 0 Å². The van der Waals surface area contributed by atoms with Gasteiger partial charge in [0.25, 0.3) is 0 Å². The molecule has 1 atom stereocenters. The summed E-state index contributed by atoms with van der Waals surface area (Å²) in [5.74, 6) is -0.414. The molecule has 4 nitrogen and oxygen atoms in total. The number of morpholine rings is 1. The molecule has 0 spiro atoms. The van der Waals surface area contributed by atoms with E-state index in [9.17, 15) is 9.50 Å². The minimum Gasteiger partial charge on any atom is -0.390 e. The van der Waals surface area contributed by atoms with E-state index in [2.05, 4.69) is 10.2 Å². The van der Waals surface area contributed by atoms with E-state index in [-0.39, 0.29) is 5.02 Å². The Balaban J connectivity index is 1.67. The van der Waals surface area contributed by atoms with Gasteiger partial charge in [-0.1, -0.05) is 17.7 Å². The fraction of sp³-hybridized carbons (Fsp3) is 0.571. The summed E-state index contributed by atoms with van der Waals surface area (Å²) in [6.07, 6.45) is -0.427. The van der Waals surface area contributed by atoms with Gasteiger partial charge >= 0.3 is 0 Å². The highest BCUT2D eigenvalue weighted by molar-refractivity contribution is 6.30. The van der Waals surface area contributed by atoms with Crippen molar-refractivity contribution in [2.24, 2.45) is 0 Å². The zero-order valence-electron chi connectivity index (χ0n) is 11.3. The SMILES string of the molecule is OC(CNCc1ccc(F)c(Cl)c1)CN1CCOCC1. The lowest BCUT2D eigenvalue weighted by Gasteiger charge is -2.28. The number of β-amino-alcohol motifs (C(OH)–C–C–N with tert-alkyl or cyclic N) is 1. The van der Waals surface area contributed by atoms with Crippen LogP contribution in [0.15, 0.2) is 18.2 Å². The van der Waals surface area contributed by atoms with Gasteiger partial charge in [0.2, 0.25) is 0 Å². The van der Waals surface area contributed by atoms with Crippen molar-refractivity contribution in [3.05, 3.63) is 34.6 Å². The summed E-state index contributed by atoms with van der Waals surface area (Å²) in [6.45, 7) is 4.88. The van der Waals surface area contributed by atoms with Gasteiger partial charge in [-0.25, -0.2) is 4.39 Å². The van der Waals surface area contributed by atoms with E-state index in [1.165, 1.54) is 6.07 Å². The van der Waals surface area contributed by atoms with Crippen LogP contribution in [0.1, 0.15) is 5.56 Å². The van der Waals surface area contributed by atoms with Gasteiger partial charge in [0.1, 0.15) is 5.82 Å². The number of benzene rings is 1. The smallest absolute Gasteiger partial charge is 0.141 e. The van der Waals surface area contributed by atoms with Crippen LogP contribution >= 0.6 is 11.6 Å². The Hall–Kier alpha value is -0.720. The number of rotatable bonds is 6. The molecular formula is C14H20ClFN2O2. The van der Waals surface area contributed by atoms with Crippen LogP contribution in [0.4, 0.5) is 4.39 Å². The Kier molecular flexibility index (Phi) is 6.19. The molecule has 1 aromatic rings. The topological polar surface area (TPSA) is 44.7 Å². The number of ether oxygens (including phenoxy) is 1. The summed E-state index contributed by atoms with van der Waals surface area (Å²) >= 11 is 5.71. The summed E-state index contributed by atoms with van der Waals surface area (Å²) in [5.41, 5.74) is 0.898. The molecule has 20 heavy (non-hydrogen) atoms. The van der Waals surface area contributed by atoms with Gasteiger partial charge in [0.05, 0.1) is 24.3 Å². The van der Waals surface area contributed by atoms with E-state index in [0.29, 0.717) is 19.6 Å². The van der Waals surface area contributed by atoms with Crippen molar-refractivity contribution in [3.63, 3.8) is 0 Å². The highest BCUT2D eigenvalue weighted by Crippen LogP contribution is 2.15. The summed E-state index contributed by atoms with van der Waals surface area (Å²) in [5, 5.41) is 13.2. The molecule has 0 aliphatic carbocycles. The molecule has 1 aromatic carbocycles. The van der Waals surface area contributed by atoms with Gasteiger partial charge in [-0.3, -0.25) is 4.90 Å². The summed E-state index contributed by atoms with van der Waals surface area (Å²) in [7, 11) is 0. The number of hydrogen-bond acceptors (Lipinski definition) is 4. The first-order chi connectivity index (χ1) is 9.65. The number of hydrogen-bond donors (Lipinski definition) is 2. The second-order valence-electron chi connectivity index (χ2n) is 4.95. The largest absolute Gasteiger partial charge is 0.390 e. The Morgan fingerprint density at radius 1 is 1.40 bits per heavy atom. The molecule has 112 valence electrons. The maximum atomic E-state index is 13.0. The van der Waals surface area contributed by atoms with E-state index >= 15 is 0 Å². The first kappa shape index (κ1) is 15.7. The third-order valence-electron chi connectivity index (χ3n) is 3.27. The first-order valence-corrected chi connectivity index (χ1v) is 7.16. The van der Waals surface area contributed by atoms with Crippen LogP contribution in [0.5, 0.6) is 0 Å². The predicted molar refractivity (Wildman–Crippen MR) is 76.4 cm³/mol.